The molecule has 1 aliphatic carbocycles. The van der Waals surface area contributed by atoms with Crippen LogP contribution in [0.3, 0.4) is 0 Å². The minimum Gasteiger partial charge on any atom is -0.444 e. The highest BCUT2D eigenvalue weighted by molar-refractivity contribution is 7.89. The van der Waals surface area contributed by atoms with E-state index in [9.17, 15) is 45.6 Å². The van der Waals surface area contributed by atoms with Crippen LogP contribution >= 0.6 is 11.3 Å². The Hall–Kier alpha value is -5.08. The number of halogens is 3. The molecule has 0 saturated heterocycles. The first-order chi connectivity index (χ1) is 29.8. The number of likely N-dealkylation sites (N-methyl/N-ethyl adjacent to an activating group) is 1. The zero-order chi connectivity index (χ0) is 47.7. The van der Waals surface area contributed by atoms with Gasteiger partial charge in [0.15, 0.2) is 0 Å². The number of nitrogens with one attached hydrogen (secondary N) is 4. The zero-order valence-corrected chi connectivity index (χ0v) is 39.1. The lowest BCUT2D eigenvalue weighted by Crippen LogP contribution is -2.54. The highest BCUT2D eigenvalue weighted by atomic mass is 32.2. The maximum Gasteiger partial charge on any atom is 0.471 e. The number of amides is 5. The number of benzene rings is 2. The molecule has 0 saturated carbocycles. The SMILES string of the molecule is CCO[C@H](C[C@H](C(C)C)N(C)C(=O)[C@@H](NC(=O)OC(C)(C)C)[C@@H](C)CC)c1nc(C(=O)NC2Cc3ccccc3[C@H](C(=O)NS(=O)(=O)Cc3cccc(NC(=O)C(F)(F)F)c3)C2)cs1. The summed E-state index contributed by atoms with van der Waals surface area (Å²) in [7, 11) is -2.69. The van der Waals surface area contributed by atoms with E-state index in [1.54, 1.807) is 67.7 Å². The van der Waals surface area contributed by atoms with Gasteiger partial charge in [0.05, 0.1) is 11.7 Å². The van der Waals surface area contributed by atoms with Crippen LogP contribution in [-0.4, -0.2) is 91.6 Å². The lowest BCUT2D eigenvalue weighted by atomic mass is 9.79. The van der Waals surface area contributed by atoms with E-state index in [0.717, 1.165) is 11.6 Å². The number of ether oxygens (including phenoxy) is 2. The van der Waals surface area contributed by atoms with Gasteiger partial charge in [0.25, 0.3) is 5.91 Å². The van der Waals surface area contributed by atoms with Crippen LogP contribution in [0.1, 0.15) is 119 Å². The second kappa shape index (κ2) is 21.7. The number of alkyl carbamates (subject to hydrolysis) is 1. The van der Waals surface area contributed by atoms with Crippen LogP contribution in [0.2, 0.25) is 0 Å². The number of carbonyl (C=O) groups is 5. The first-order valence-corrected chi connectivity index (χ1v) is 23.6. The average molecular weight is 937 g/mol. The number of hydrogen-bond acceptors (Lipinski definition) is 11. The van der Waals surface area contributed by atoms with E-state index in [0.29, 0.717) is 36.4 Å². The molecule has 4 N–H and O–H groups in total. The molecule has 0 radical (unpaired) electrons. The molecule has 64 heavy (non-hydrogen) atoms. The molecule has 0 fully saturated rings. The first kappa shape index (κ1) is 51.6. The number of alkyl halides is 3. The molecule has 0 aliphatic heterocycles. The Kier molecular flexibility index (Phi) is 17.5. The summed E-state index contributed by atoms with van der Waals surface area (Å²) in [5, 5.41) is 9.51. The lowest BCUT2D eigenvalue weighted by molar-refractivity contribution is -0.167. The smallest absolute Gasteiger partial charge is 0.444 e. The summed E-state index contributed by atoms with van der Waals surface area (Å²) in [5.41, 5.74) is 0.387. The number of aromatic nitrogens is 1. The van der Waals surface area contributed by atoms with Crippen molar-refractivity contribution in [2.24, 2.45) is 11.8 Å². The number of sulfonamides is 1. The molecular formula is C44H59F3N6O9S2. The number of fused-ring (bicyclic) bond motifs is 1. The quantitative estimate of drug-likeness (QED) is 0.103. The summed E-state index contributed by atoms with van der Waals surface area (Å²) in [6, 6.07) is 9.98. The number of carbonyl (C=O) groups excluding carboxylic acids is 5. The van der Waals surface area contributed by atoms with Gasteiger partial charge in [-0.2, -0.15) is 13.2 Å². The molecule has 15 nitrogen and oxygen atoms in total. The summed E-state index contributed by atoms with van der Waals surface area (Å²) in [5.74, 6) is -5.89. The van der Waals surface area contributed by atoms with Crippen LogP contribution in [-0.2, 0) is 46.1 Å². The van der Waals surface area contributed by atoms with Gasteiger partial charge in [0.1, 0.15) is 28.4 Å². The summed E-state index contributed by atoms with van der Waals surface area (Å²) in [4.78, 5) is 71.9. The summed E-state index contributed by atoms with van der Waals surface area (Å²) >= 11 is 1.22. The van der Waals surface area contributed by atoms with Crippen LogP contribution < -0.4 is 20.7 Å². The molecule has 6 atom stereocenters. The molecule has 352 valence electrons. The third-order valence-corrected chi connectivity index (χ3v) is 12.9. The van der Waals surface area contributed by atoms with Gasteiger partial charge in [-0.15, -0.1) is 11.3 Å². The predicted molar refractivity (Wildman–Crippen MR) is 236 cm³/mol. The normalized spacial score (nSPS) is 17.3. The molecule has 1 aliphatic rings. The van der Waals surface area contributed by atoms with Crippen molar-refractivity contribution in [3.05, 3.63) is 81.3 Å². The monoisotopic (exact) mass is 936 g/mol. The summed E-state index contributed by atoms with van der Waals surface area (Å²) in [6.45, 7) is 15.2. The Morgan fingerprint density at radius 3 is 2.31 bits per heavy atom. The molecule has 4 rings (SSSR count). The van der Waals surface area contributed by atoms with Crippen molar-refractivity contribution in [1.82, 2.24) is 25.2 Å². The molecule has 3 aromatic rings. The van der Waals surface area contributed by atoms with Crippen LogP contribution in [0.4, 0.5) is 23.7 Å². The minimum absolute atomic E-state index is 0.0201. The minimum atomic E-state index is -5.15. The van der Waals surface area contributed by atoms with Gasteiger partial charge in [0.2, 0.25) is 21.8 Å². The van der Waals surface area contributed by atoms with Crippen LogP contribution in [0.5, 0.6) is 0 Å². The fourth-order valence-electron chi connectivity index (χ4n) is 7.44. The van der Waals surface area contributed by atoms with Gasteiger partial charge in [-0.25, -0.2) is 18.2 Å². The molecule has 0 bridgehead atoms. The van der Waals surface area contributed by atoms with E-state index in [2.05, 4.69) is 20.3 Å². The van der Waals surface area contributed by atoms with E-state index < -0.39 is 75.5 Å². The molecule has 1 aromatic heterocycles. The van der Waals surface area contributed by atoms with E-state index in [4.69, 9.17) is 9.47 Å². The predicted octanol–water partition coefficient (Wildman–Crippen LogP) is 7.01. The Balaban J connectivity index is 1.47. The van der Waals surface area contributed by atoms with Gasteiger partial charge in [-0.05, 0) is 81.2 Å². The van der Waals surface area contributed by atoms with E-state index in [1.807, 2.05) is 34.6 Å². The van der Waals surface area contributed by atoms with Gasteiger partial charge in [0, 0.05) is 43.2 Å². The van der Waals surface area contributed by atoms with Crippen LogP contribution in [0.25, 0.3) is 0 Å². The van der Waals surface area contributed by atoms with E-state index in [1.165, 1.54) is 29.5 Å². The molecule has 1 unspecified atom stereocenters. The first-order valence-electron chi connectivity index (χ1n) is 21.1. The van der Waals surface area contributed by atoms with E-state index >= 15 is 0 Å². The Morgan fingerprint density at radius 2 is 1.69 bits per heavy atom. The standard InChI is InChI=1S/C44H59F3N6O9S2/c1-10-26(5)36(51-42(58)62-43(6,7)8)40(56)53(9)34(25(3)4)22-35(61-11-2)39-50-33(23-63-39)38(55)48-30-20-28-16-12-13-18-31(28)32(21-30)37(54)52-64(59,60)24-27-15-14-17-29(19-27)49-41(57)44(45,46)47/h12-19,23,25-26,30,32,34-36H,10-11,20-22,24H2,1-9H3,(H,48,55)(H,49,57)(H,51,58)(H,52,54)/t26-,30?,32+,34+,35+,36-/m0/s1. The molecular weight excluding hydrogens is 878 g/mol. The Labute approximate surface area is 376 Å². The molecule has 2 aromatic carbocycles. The number of anilines is 1. The molecule has 1 heterocycles. The van der Waals surface area contributed by atoms with Gasteiger partial charge in [-0.1, -0.05) is 70.5 Å². The molecule has 5 amide bonds. The van der Waals surface area contributed by atoms with Crippen molar-refractivity contribution in [2.75, 3.05) is 19.0 Å². The number of nitrogens with zero attached hydrogens (tertiary/aromatic N) is 2. The fraction of sp³-hybridized carbons (Fsp3) is 0.545. The Morgan fingerprint density at radius 1 is 1.00 bits per heavy atom. The maximum atomic E-state index is 14.1. The van der Waals surface area contributed by atoms with Crippen molar-refractivity contribution in [1.29, 1.82) is 0 Å². The van der Waals surface area contributed by atoms with Crippen molar-refractivity contribution in [3.8, 4) is 0 Å². The second-order valence-corrected chi connectivity index (χ2v) is 19.9. The number of rotatable bonds is 18. The van der Waals surface area contributed by atoms with Crippen LogP contribution in [0.15, 0.2) is 53.9 Å². The van der Waals surface area contributed by atoms with Crippen molar-refractivity contribution < 1.29 is 55.0 Å². The third-order valence-electron chi connectivity index (χ3n) is 10.7. The molecule has 0 spiro atoms. The average Bonchev–Trinajstić information content (AvgIpc) is 3.70. The highest BCUT2D eigenvalue weighted by Crippen LogP contribution is 2.34. The van der Waals surface area contributed by atoms with Gasteiger partial charge < -0.3 is 30.3 Å². The highest BCUT2D eigenvalue weighted by Gasteiger charge is 2.40. The zero-order valence-electron chi connectivity index (χ0n) is 37.5. The van der Waals surface area contributed by atoms with Gasteiger partial charge in [-0.3, -0.25) is 23.9 Å². The number of thiazole rings is 1. The van der Waals surface area contributed by atoms with Crippen LogP contribution in [0, 0.1) is 11.8 Å². The molecule has 20 heteroatoms. The maximum absolute atomic E-state index is 14.1. The summed E-state index contributed by atoms with van der Waals surface area (Å²) in [6.07, 6.45) is -5.10. The second-order valence-electron chi connectivity index (χ2n) is 17.3. The van der Waals surface area contributed by atoms with Crippen molar-refractivity contribution >= 4 is 56.8 Å². The van der Waals surface area contributed by atoms with E-state index in [-0.39, 0.29) is 47.2 Å². The largest absolute Gasteiger partial charge is 0.471 e. The fourth-order valence-corrected chi connectivity index (χ4v) is 9.44. The third kappa shape index (κ3) is 14.5. The van der Waals surface area contributed by atoms with Crippen molar-refractivity contribution in [3.63, 3.8) is 0 Å². The number of hydrogen-bond donors (Lipinski definition) is 4. The summed E-state index contributed by atoms with van der Waals surface area (Å²) < 4.78 is 78.4. The Bertz CT molecular complexity index is 2250. The topological polar surface area (TPSA) is 202 Å². The van der Waals surface area contributed by atoms with Gasteiger partial charge >= 0.3 is 18.2 Å². The van der Waals surface area contributed by atoms with Crippen molar-refractivity contribution in [2.45, 2.75) is 129 Å². The lowest BCUT2D eigenvalue weighted by Gasteiger charge is -2.37.